The van der Waals surface area contributed by atoms with Gasteiger partial charge in [0.25, 0.3) is 5.56 Å². The second-order valence-corrected chi connectivity index (χ2v) is 10.4. The largest absolute Gasteiger partial charge is 0.401 e. The summed E-state index contributed by atoms with van der Waals surface area (Å²) in [4.78, 5) is 26.8. The summed E-state index contributed by atoms with van der Waals surface area (Å²) in [7, 11) is 2.10. The Hall–Kier alpha value is -3.38. The van der Waals surface area contributed by atoms with Crippen LogP contribution in [0.3, 0.4) is 0 Å². The molecule has 0 aliphatic carbocycles. The predicted octanol–water partition coefficient (Wildman–Crippen LogP) is 5.23. The molecule has 210 valence electrons. The number of nitrogens with one attached hydrogen (secondary N) is 2. The molecule has 0 radical (unpaired) electrons. The van der Waals surface area contributed by atoms with E-state index in [9.17, 15) is 18.0 Å². The van der Waals surface area contributed by atoms with Gasteiger partial charge >= 0.3 is 6.18 Å². The Morgan fingerprint density at radius 1 is 1.00 bits per heavy atom. The van der Waals surface area contributed by atoms with Crippen molar-refractivity contribution in [2.75, 3.05) is 50.0 Å². The van der Waals surface area contributed by atoms with Gasteiger partial charge in [-0.3, -0.25) is 9.36 Å². The second-order valence-electron chi connectivity index (χ2n) is 9.54. The number of halogens is 5. The number of pyridine rings is 1. The third kappa shape index (κ3) is 6.33. The maximum atomic E-state index is 13.4. The molecule has 1 saturated heterocycles. The van der Waals surface area contributed by atoms with Crippen molar-refractivity contribution in [1.29, 1.82) is 0 Å². The van der Waals surface area contributed by atoms with Crippen molar-refractivity contribution >= 4 is 51.4 Å². The van der Waals surface area contributed by atoms with Gasteiger partial charge in [-0.2, -0.15) is 13.2 Å². The SMILES string of the molecule is CN1CCN(c2ccc(Nc3ncc4c(=O)n(-c5c(Cl)cccc5Cl)cc(CNCC(F)(F)F)c4n3)cc2)CC1. The molecule has 1 fully saturated rings. The number of aromatic nitrogens is 3. The Morgan fingerprint density at radius 2 is 1.68 bits per heavy atom. The zero-order chi connectivity index (χ0) is 28.4. The third-order valence-electron chi connectivity index (χ3n) is 6.64. The molecule has 5 rings (SSSR count). The average molecular weight is 592 g/mol. The molecule has 1 aliphatic rings. The zero-order valence-electron chi connectivity index (χ0n) is 21.5. The van der Waals surface area contributed by atoms with Gasteiger partial charge < -0.3 is 20.4 Å². The van der Waals surface area contributed by atoms with Gasteiger partial charge in [-0.1, -0.05) is 29.3 Å². The minimum Gasteiger partial charge on any atom is -0.369 e. The van der Waals surface area contributed by atoms with E-state index in [1.807, 2.05) is 24.3 Å². The minimum absolute atomic E-state index is 0.109. The van der Waals surface area contributed by atoms with Crippen molar-refractivity contribution in [3.05, 3.63) is 80.8 Å². The fourth-order valence-electron chi connectivity index (χ4n) is 4.55. The highest BCUT2D eigenvalue weighted by molar-refractivity contribution is 6.37. The number of anilines is 3. The van der Waals surface area contributed by atoms with Gasteiger partial charge in [-0.15, -0.1) is 0 Å². The van der Waals surface area contributed by atoms with Gasteiger partial charge in [-0.05, 0) is 43.4 Å². The molecule has 8 nitrogen and oxygen atoms in total. The summed E-state index contributed by atoms with van der Waals surface area (Å²) in [6.07, 6.45) is -1.66. The summed E-state index contributed by atoms with van der Waals surface area (Å²) in [5.74, 6) is 0.199. The molecule has 1 aliphatic heterocycles. The van der Waals surface area contributed by atoms with Crippen LogP contribution in [0.2, 0.25) is 10.0 Å². The molecule has 13 heteroatoms. The lowest BCUT2D eigenvalue weighted by Gasteiger charge is -2.34. The monoisotopic (exact) mass is 591 g/mol. The molecule has 0 atom stereocenters. The number of hydrogen-bond donors (Lipinski definition) is 2. The lowest BCUT2D eigenvalue weighted by Crippen LogP contribution is -2.44. The van der Waals surface area contributed by atoms with E-state index in [-0.39, 0.29) is 39.1 Å². The summed E-state index contributed by atoms with van der Waals surface area (Å²) in [6.45, 7) is 2.45. The van der Waals surface area contributed by atoms with Gasteiger partial charge in [0, 0.05) is 62.1 Å². The number of alkyl halides is 3. The van der Waals surface area contributed by atoms with E-state index in [1.165, 1.54) is 17.0 Å². The minimum atomic E-state index is -4.41. The lowest BCUT2D eigenvalue weighted by molar-refractivity contribution is -0.125. The van der Waals surface area contributed by atoms with Crippen molar-refractivity contribution < 1.29 is 13.2 Å². The van der Waals surface area contributed by atoms with Crippen LogP contribution >= 0.6 is 23.2 Å². The summed E-state index contributed by atoms with van der Waals surface area (Å²) in [5.41, 5.74) is 2.10. The van der Waals surface area contributed by atoms with Crippen LogP contribution in [0.25, 0.3) is 16.6 Å². The van der Waals surface area contributed by atoms with Crippen LogP contribution < -0.4 is 21.1 Å². The van der Waals surface area contributed by atoms with Gasteiger partial charge in [-0.25, -0.2) is 9.97 Å². The van der Waals surface area contributed by atoms with Crippen LogP contribution in [-0.2, 0) is 6.54 Å². The molecule has 0 saturated carbocycles. The molecule has 40 heavy (non-hydrogen) atoms. The first-order chi connectivity index (χ1) is 19.1. The summed E-state index contributed by atoms with van der Waals surface area (Å²) in [6, 6.07) is 12.6. The van der Waals surface area contributed by atoms with E-state index in [0.29, 0.717) is 5.56 Å². The Bertz CT molecular complexity index is 1550. The quantitative estimate of drug-likeness (QED) is 0.304. The molecular weight excluding hydrogens is 566 g/mol. The number of benzene rings is 2. The highest BCUT2D eigenvalue weighted by Gasteiger charge is 2.26. The average Bonchev–Trinajstić information content (AvgIpc) is 2.91. The smallest absolute Gasteiger partial charge is 0.369 e. The topological polar surface area (TPSA) is 78.3 Å². The Kier molecular flexibility index (Phi) is 8.18. The summed E-state index contributed by atoms with van der Waals surface area (Å²) >= 11 is 12.7. The van der Waals surface area contributed by atoms with E-state index in [0.717, 1.165) is 37.6 Å². The zero-order valence-corrected chi connectivity index (χ0v) is 23.0. The van der Waals surface area contributed by atoms with Crippen molar-refractivity contribution in [1.82, 2.24) is 24.8 Å². The standard InChI is InChI=1S/C27H26Cl2F3N7O/c1-37-9-11-38(12-10-37)19-7-5-18(6-8-19)35-26-34-14-20-23(36-26)17(13-33-16-27(30,31)32)15-39(25(20)40)24-21(28)3-2-4-22(24)29/h2-8,14-15,33H,9-13,16H2,1H3,(H,34,35,36). The fraction of sp³-hybridized carbons (Fsp3) is 0.296. The molecule has 0 unspecified atom stereocenters. The van der Waals surface area contributed by atoms with Crippen LogP contribution in [0.5, 0.6) is 0 Å². The number of rotatable bonds is 7. The predicted molar refractivity (Wildman–Crippen MR) is 152 cm³/mol. The first-order valence-electron chi connectivity index (χ1n) is 12.5. The van der Waals surface area contributed by atoms with Crippen LogP contribution in [-0.4, -0.2) is 65.4 Å². The van der Waals surface area contributed by atoms with Crippen molar-refractivity contribution in [3.8, 4) is 5.69 Å². The van der Waals surface area contributed by atoms with Crippen LogP contribution in [0.4, 0.5) is 30.5 Å². The van der Waals surface area contributed by atoms with Crippen molar-refractivity contribution in [3.63, 3.8) is 0 Å². The third-order valence-corrected chi connectivity index (χ3v) is 7.25. The molecule has 0 spiro atoms. The van der Waals surface area contributed by atoms with E-state index in [2.05, 4.69) is 37.4 Å². The molecule has 2 N–H and O–H groups in total. The second kappa shape index (κ2) is 11.6. The maximum absolute atomic E-state index is 13.4. The van der Waals surface area contributed by atoms with E-state index in [1.54, 1.807) is 18.2 Å². The van der Waals surface area contributed by atoms with Gasteiger partial charge in [0.2, 0.25) is 5.95 Å². The molecule has 0 bridgehead atoms. The Labute approximate surface area is 238 Å². The van der Waals surface area contributed by atoms with Crippen LogP contribution in [0.1, 0.15) is 5.56 Å². The number of hydrogen-bond acceptors (Lipinski definition) is 7. The number of piperazine rings is 1. The number of nitrogens with zero attached hydrogens (tertiary/aromatic N) is 5. The molecule has 3 heterocycles. The summed E-state index contributed by atoms with van der Waals surface area (Å²) < 4.78 is 39.8. The van der Waals surface area contributed by atoms with E-state index >= 15 is 0 Å². The molecule has 4 aromatic rings. The van der Waals surface area contributed by atoms with Crippen molar-refractivity contribution in [2.24, 2.45) is 0 Å². The van der Waals surface area contributed by atoms with Gasteiger partial charge in [0.1, 0.15) is 0 Å². The first-order valence-corrected chi connectivity index (χ1v) is 13.3. The Morgan fingerprint density at radius 3 is 2.33 bits per heavy atom. The molecule has 0 amide bonds. The van der Waals surface area contributed by atoms with Crippen LogP contribution in [0.15, 0.2) is 59.7 Å². The fourth-order valence-corrected chi connectivity index (χ4v) is 5.13. The van der Waals surface area contributed by atoms with Gasteiger partial charge in [0.15, 0.2) is 0 Å². The number of para-hydroxylation sites is 1. The number of likely N-dealkylation sites (N-methyl/N-ethyl adjacent to an activating group) is 1. The molecule has 2 aromatic carbocycles. The van der Waals surface area contributed by atoms with Crippen molar-refractivity contribution in [2.45, 2.75) is 12.7 Å². The first kappa shape index (κ1) is 28.2. The Balaban J connectivity index is 1.48. The molecular formula is C27H26Cl2F3N7O. The highest BCUT2D eigenvalue weighted by Crippen LogP contribution is 2.29. The van der Waals surface area contributed by atoms with Crippen LogP contribution in [0, 0.1) is 0 Å². The summed E-state index contributed by atoms with van der Waals surface area (Å²) in [5, 5.41) is 6.03. The van der Waals surface area contributed by atoms with Gasteiger partial charge in [0.05, 0.1) is 33.2 Å². The van der Waals surface area contributed by atoms with E-state index in [4.69, 9.17) is 23.2 Å². The number of fused-ring (bicyclic) bond motifs is 1. The normalized spacial score (nSPS) is 14.6. The molecule has 2 aromatic heterocycles. The van der Waals surface area contributed by atoms with E-state index < -0.39 is 18.3 Å². The lowest BCUT2D eigenvalue weighted by atomic mass is 10.1. The highest BCUT2D eigenvalue weighted by atomic mass is 35.5. The maximum Gasteiger partial charge on any atom is 0.401 e.